The Balaban J connectivity index is 2.05. The molecule has 2 N–H and O–H groups in total. The van der Waals surface area contributed by atoms with Crippen molar-refractivity contribution in [1.82, 2.24) is 10.6 Å². The molecule has 0 radical (unpaired) electrons. The molecular formula is C20H22F2N2O2. The lowest BCUT2D eigenvalue weighted by atomic mass is 10.0. The largest absolute Gasteiger partial charge is 0.348 e. The molecule has 0 aliphatic rings. The Morgan fingerprint density at radius 1 is 0.808 bits per heavy atom. The molecule has 0 unspecified atom stereocenters. The molecule has 0 aliphatic carbocycles. The standard InChI is InChI=1S/C20H22F2N2O2/c1-12(2)18(24-19(25)15-6-10-17(22)11-7-15)20(26)23-13(3)14-4-8-16(21)9-5-14/h4-13,18H,1-3H3,(H,23,26)(H,24,25)/t13-,18+/m1/s1. The van der Waals surface area contributed by atoms with Gasteiger partial charge >= 0.3 is 0 Å². The van der Waals surface area contributed by atoms with Gasteiger partial charge in [0.1, 0.15) is 17.7 Å². The maximum Gasteiger partial charge on any atom is 0.251 e. The van der Waals surface area contributed by atoms with Crippen molar-refractivity contribution in [3.63, 3.8) is 0 Å². The van der Waals surface area contributed by atoms with E-state index in [0.717, 1.165) is 5.56 Å². The van der Waals surface area contributed by atoms with Gasteiger partial charge in [-0.3, -0.25) is 9.59 Å². The molecule has 26 heavy (non-hydrogen) atoms. The monoisotopic (exact) mass is 360 g/mol. The fourth-order valence-corrected chi connectivity index (χ4v) is 2.50. The summed E-state index contributed by atoms with van der Waals surface area (Å²) in [5.41, 5.74) is 1.03. The van der Waals surface area contributed by atoms with Gasteiger partial charge in [0.25, 0.3) is 5.91 Å². The molecule has 0 fully saturated rings. The molecule has 6 heteroatoms. The van der Waals surface area contributed by atoms with Crippen molar-refractivity contribution in [3.8, 4) is 0 Å². The number of carbonyl (C=O) groups is 2. The van der Waals surface area contributed by atoms with Crippen molar-refractivity contribution in [3.05, 3.63) is 71.3 Å². The summed E-state index contributed by atoms with van der Waals surface area (Å²) in [5, 5.41) is 5.51. The summed E-state index contributed by atoms with van der Waals surface area (Å²) in [7, 11) is 0. The van der Waals surface area contributed by atoms with Gasteiger partial charge in [0.2, 0.25) is 5.91 Å². The second-order valence-corrected chi connectivity index (χ2v) is 6.48. The van der Waals surface area contributed by atoms with E-state index >= 15 is 0 Å². The highest BCUT2D eigenvalue weighted by atomic mass is 19.1. The minimum absolute atomic E-state index is 0.153. The predicted octanol–water partition coefficient (Wildman–Crippen LogP) is 3.60. The lowest BCUT2D eigenvalue weighted by Gasteiger charge is -2.24. The Morgan fingerprint density at radius 2 is 1.31 bits per heavy atom. The van der Waals surface area contributed by atoms with Gasteiger partial charge in [-0.15, -0.1) is 0 Å². The average Bonchev–Trinajstić information content (AvgIpc) is 2.60. The van der Waals surface area contributed by atoms with Crippen LogP contribution in [0.1, 0.15) is 42.7 Å². The quantitative estimate of drug-likeness (QED) is 0.827. The number of amides is 2. The number of hydrogen-bond acceptors (Lipinski definition) is 2. The number of rotatable bonds is 6. The van der Waals surface area contributed by atoms with Crippen LogP contribution in [0.25, 0.3) is 0 Å². The van der Waals surface area contributed by atoms with Gasteiger partial charge in [0.15, 0.2) is 0 Å². The van der Waals surface area contributed by atoms with Gasteiger partial charge in [-0.25, -0.2) is 8.78 Å². The molecule has 0 aliphatic heterocycles. The molecule has 2 amide bonds. The van der Waals surface area contributed by atoms with Crippen molar-refractivity contribution in [2.45, 2.75) is 32.9 Å². The van der Waals surface area contributed by atoms with Gasteiger partial charge in [-0.05, 0) is 54.8 Å². The Hall–Kier alpha value is -2.76. The summed E-state index contributed by atoms with van der Waals surface area (Å²) in [6.07, 6.45) is 0. The lowest BCUT2D eigenvalue weighted by Crippen LogP contribution is -2.50. The van der Waals surface area contributed by atoms with Gasteiger partial charge < -0.3 is 10.6 Å². The van der Waals surface area contributed by atoms with Gasteiger partial charge in [-0.1, -0.05) is 26.0 Å². The van der Waals surface area contributed by atoms with E-state index in [1.54, 1.807) is 19.1 Å². The fourth-order valence-electron chi connectivity index (χ4n) is 2.50. The third-order valence-electron chi connectivity index (χ3n) is 4.07. The molecule has 0 saturated carbocycles. The first-order valence-electron chi connectivity index (χ1n) is 8.40. The van der Waals surface area contributed by atoms with Crippen molar-refractivity contribution in [2.24, 2.45) is 5.92 Å². The van der Waals surface area contributed by atoms with Crippen LogP contribution >= 0.6 is 0 Å². The van der Waals surface area contributed by atoms with E-state index in [0.29, 0.717) is 0 Å². The smallest absolute Gasteiger partial charge is 0.251 e. The summed E-state index contributed by atoms with van der Waals surface area (Å²) in [6, 6.07) is 9.86. The van der Waals surface area contributed by atoms with E-state index in [-0.39, 0.29) is 29.2 Å². The summed E-state index contributed by atoms with van der Waals surface area (Å²) < 4.78 is 26.0. The van der Waals surface area contributed by atoms with Gasteiger partial charge in [0, 0.05) is 5.56 Å². The molecule has 0 saturated heterocycles. The molecular weight excluding hydrogens is 338 g/mol. The Labute approximate surface area is 151 Å². The summed E-state index contributed by atoms with van der Waals surface area (Å²) >= 11 is 0. The molecule has 2 rings (SSSR count). The van der Waals surface area contributed by atoms with E-state index in [9.17, 15) is 18.4 Å². The molecule has 138 valence electrons. The average molecular weight is 360 g/mol. The van der Waals surface area contributed by atoms with Gasteiger partial charge in [0.05, 0.1) is 6.04 Å². The summed E-state index contributed by atoms with van der Waals surface area (Å²) in [4.78, 5) is 24.9. The minimum Gasteiger partial charge on any atom is -0.348 e. The highest BCUT2D eigenvalue weighted by molar-refractivity contribution is 5.97. The number of nitrogens with one attached hydrogen (secondary N) is 2. The van der Waals surface area contributed by atoms with Crippen molar-refractivity contribution >= 4 is 11.8 Å². The fraction of sp³-hybridized carbons (Fsp3) is 0.300. The zero-order chi connectivity index (χ0) is 19.3. The number of benzene rings is 2. The van der Waals surface area contributed by atoms with Crippen LogP contribution in [0.4, 0.5) is 8.78 Å². The van der Waals surface area contributed by atoms with E-state index in [1.807, 2.05) is 13.8 Å². The van der Waals surface area contributed by atoms with Crippen LogP contribution in [0.2, 0.25) is 0 Å². The van der Waals surface area contributed by atoms with E-state index in [4.69, 9.17) is 0 Å². The Morgan fingerprint density at radius 3 is 1.81 bits per heavy atom. The van der Waals surface area contributed by atoms with Crippen LogP contribution in [-0.4, -0.2) is 17.9 Å². The van der Waals surface area contributed by atoms with Crippen molar-refractivity contribution < 1.29 is 18.4 Å². The second-order valence-electron chi connectivity index (χ2n) is 6.48. The number of hydrogen-bond donors (Lipinski definition) is 2. The third-order valence-corrected chi connectivity index (χ3v) is 4.07. The van der Waals surface area contributed by atoms with Crippen molar-refractivity contribution in [2.75, 3.05) is 0 Å². The SMILES string of the molecule is CC(C)[C@H](NC(=O)c1ccc(F)cc1)C(=O)N[C@H](C)c1ccc(F)cc1. The van der Waals surface area contributed by atoms with Crippen LogP contribution in [-0.2, 0) is 4.79 Å². The van der Waals surface area contributed by atoms with Crippen molar-refractivity contribution in [1.29, 1.82) is 0 Å². The highest BCUT2D eigenvalue weighted by Gasteiger charge is 2.26. The zero-order valence-electron chi connectivity index (χ0n) is 14.9. The first-order chi connectivity index (χ1) is 12.3. The van der Waals surface area contributed by atoms with Crippen LogP contribution in [0, 0.1) is 17.6 Å². The number of halogens is 2. The van der Waals surface area contributed by atoms with E-state index in [2.05, 4.69) is 10.6 Å². The van der Waals surface area contributed by atoms with Crippen LogP contribution < -0.4 is 10.6 Å². The molecule has 2 aromatic carbocycles. The first kappa shape index (κ1) is 19.6. The van der Waals surface area contributed by atoms with Crippen LogP contribution in [0.5, 0.6) is 0 Å². The maximum atomic E-state index is 13.0. The molecule has 0 heterocycles. The first-order valence-corrected chi connectivity index (χ1v) is 8.40. The topological polar surface area (TPSA) is 58.2 Å². The maximum absolute atomic E-state index is 13.0. The third kappa shape index (κ3) is 5.12. The minimum atomic E-state index is -0.754. The Bertz CT molecular complexity index is 758. The molecule has 2 atom stereocenters. The summed E-state index contributed by atoms with van der Waals surface area (Å²) in [5.74, 6) is -1.73. The summed E-state index contributed by atoms with van der Waals surface area (Å²) in [6.45, 7) is 5.42. The molecule has 0 spiro atoms. The van der Waals surface area contributed by atoms with Crippen LogP contribution in [0.15, 0.2) is 48.5 Å². The van der Waals surface area contributed by atoms with Gasteiger partial charge in [-0.2, -0.15) is 0 Å². The molecule has 0 bridgehead atoms. The Kier molecular flexibility index (Phi) is 6.44. The molecule has 4 nitrogen and oxygen atoms in total. The predicted molar refractivity (Wildman–Crippen MR) is 95.4 cm³/mol. The molecule has 0 aromatic heterocycles. The molecule has 2 aromatic rings. The van der Waals surface area contributed by atoms with E-state index in [1.165, 1.54) is 36.4 Å². The number of carbonyl (C=O) groups excluding carboxylic acids is 2. The van der Waals surface area contributed by atoms with Crippen LogP contribution in [0.3, 0.4) is 0 Å². The highest BCUT2D eigenvalue weighted by Crippen LogP contribution is 2.14. The lowest BCUT2D eigenvalue weighted by molar-refractivity contribution is -0.124. The second kappa shape index (κ2) is 8.56. The van der Waals surface area contributed by atoms with E-state index < -0.39 is 17.8 Å². The normalized spacial score (nSPS) is 13.2. The zero-order valence-corrected chi connectivity index (χ0v) is 14.9.